The molecular weight excluding hydrogens is 439 g/mol. The Kier molecular flexibility index (Phi) is 5.56. The molecule has 8 nitrogen and oxygen atoms in total. The molecule has 172 valence electrons. The summed E-state index contributed by atoms with van der Waals surface area (Å²) in [6.07, 6.45) is -1.71. The van der Waals surface area contributed by atoms with E-state index in [0.29, 0.717) is 11.3 Å². The van der Waals surface area contributed by atoms with Crippen LogP contribution >= 0.6 is 0 Å². The third-order valence-electron chi connectivity index (χ3n) is 5.32. The molecule has 0 aliphatic carbocycles. The first-order valence-electron chi connectivity index (χ1n) is 9.98. The van der Waals surface area contributed by atoms with E-state index in [9.17, 15) is 22.8 Å². The normalized spacial score (nSPS) is 15.9. The second kappa shape index (κ2) is 8.23. The Balaban J connectivity index is 1.67. The molecule has 3 aromatic rings. The van der Waals surface area contributed by atoms with E-state index in [2.05, 4.69) is 15.4 Å². The van der Waals surface area contributed by atoms with Crippen molar-refractivity contribution in [2.75, 3.05) is 23.9 Å². The monoisotopic (exact) mass is 459 g/mol. The van der Waals surface area contributed by atoms with Crippen LogP contribution in [0.25, 0.3) is 0 Å². The van der Waals surface area contributed by atoms with Gasteiger partial charge in [0, 0.05) is 35.8 Å². The summed E-state index contributed by atoms with van der Waals surface area (Å²) in [5, 5.41) is 6.93. The van der Waals surface area contributed by atoms with Gasteiger partial charge >= 0.3 is 6.18 Å². The number of ether oxygens (including phenoxy) is 1. The average molecular weight is 459 g/mol. The van der Waals surface area contributed by atoms with Crippen molar-refractivity contribution in [2.24, 2.45) is 0 Å². The first kappa shape index (κ1) is 22.3. The first-order chi connectivity index (χ1) is 15.6. The van der Waals surface area contributed by atoms with Crippen molar-refractivity contribution in [2.45, 2.75) is 26.1 Å². The number of fused-ring (bicyclic) bond motifs is 1. The Bertz CT molecular complexity index is 1240. The van der Waals surface area contributed by atoms with E-state index in [1.807, 2.05) is 6.92 Å². The number of anilines is 2. The van der Waals surface area contributed by atoms with Crippen LogP contribution in [0.1, 0.15) is 45.1 Å². The van der Waals surface area contributed by atoms with Gasteiger partial charge < -0.3 is 15.0 Å². The molecule has 0 radical (unpaired) electrons. The molecule has 1 N–H and O–H groups in total. The summed E-state index contributed by atoms with van der Waals surface area (Å²) in [4.78, 5) is 31.4. The minimum Gasteiger partial charge on any atom is -0.496 e. The third kappa shape index (κ3) is 4.13. The smallest absolute Gasteiger partial charge is 0.419 e. The molecule has 0 unspecified atom stereocenters. The maximum Gasteiger partial charge on any atom is 0.419 e. The number of hydrogen-bond donors (Lipinski definition) is 1. The second-order valence-corrected chi connectivity index (χ2v) is 7.64. The maximum absolute atomic E-state index is 13.3. The Morgan fingerprint density at radius 1 is 1.24 bits per heavy atom. The number of alkyl halides is 3. The van der Waals surface area contributed by atoms with Crippen molar-refractivity contribution < 1.29 is 27.5 Å². The van der Waals surface area contributed by atoms with Crippen molar-refractivity contribution in [1.29, 1.82) is 0 Å². The van der Waals surface area contributed by atoms with Crippen molar-refractivity contribution in [3.8, 4) is 5.75 Å². The standard InChI is InChI=1S/C22H20F3N5O3/c1-12-8-14(6-7-26-12)20(31)28-17-10-27-30-13(2)11-29(21(32)19(17)30)15-4-5-16(22(23,24)25)18(9-15)33-3/h4-10,13H,11H2,1-3H3,(H,28,31)/t13-/m0/s1. The highest BCUT2D eigenvalue weighted by Crippen LogP contribution is 2.39. The number of nitrogens with one attached hydrogen (secondary N) is 1. The van der Waals surface area contributed by atoms with E-state index < -0.39 is 23.6 Å². The number of amides is 2. The Hall–Kier alpha value is -3.89. The Morgan fingerprint density at radius 2 is 2.00 bits per heavy atom. The highest BCUT2D eigenvalue weighted by Gasteiger charge is 2.37. The number of carbonyl (C=O) groups excluding carboxylic acids is 2. The van der Waals surface area contributed by atoms with Gasteiger partial charge in [0.25, 0.3) is 11.8 Å². The predicted molar refractivity (Wildman–Crippen MR) is 114 cm³/mol. The van der Waals surface area contributed by atoms with Gasteiger partial charge in [0.15, 0.2) is 5.69 Å². The van der Waals surface area contributed by atoms with Gasteiger partial charge in [-0.2, -0.15) is 18.3 Å². The highest BCUT2D eigenvalue weighted by molar-refractivity contribution is 6.13. The first-order valence-corrected chi connectivity index (χ1v) is 9.98. The van der Waals surface area contributed by atoms with Gasteiger partial charge in [0.2, 0.25) is 0 Å². The molecular formula is C22H20F3N5O3. The molecule has 0 saturated heterocycles. The highest BCUT2D eigenvalue weighted by atomic mass is 19.4. The van der Waals surface area contributed by atoms with Crippen molar-refractivity contribution in [3.05, 3.63) is 65.2 Å². The zero-order valence-corrected chi connectivity index (χ0v) is 18.0. The minimum atomic E-state index is -4.59. The number of halogens is 3. The molecule has 33 heavy (non-hydrogen) atoms. The van der Waals surface area contributed by atoms with Gasteiger partial charge in [-0.3, -0.25) is 19.3 Å². The zero-order valence-electron chi connectivity index (χ0n) is 18.0. The van der Waals surface area contributed by atoms with Gasteiger partial charge in [-0.25, -0.2) is 0 Å². The van der Waals surface area contributed by atoms with Crippen LogP contribution in [0, 0.1) is 6.92 Å². The van der Waals surface area contributed by atoms with Crippen LogP contribution in [0.4, 0.5) is 24.5 Å². The lowest BCUT2D eigenvalue weighted by molar-refractivity contribution is -0.138. The van der Waals surface area contributed by atoms with Crippen LogP contribution in [0.3, 0.4) is 0 Å². The molecule has 2 aromatic heterocycles. The summed E-state index contributed by atoms with van der Waals surface area (Å²) < 4.78 is 46.1. The quantitative estimate of drug-likeness (QED) is 0.635. The van der Waals surface area contributed by atoms with Crippen LogP contribution in [-0.2, 0) is 6.18 Å². The van der Waals surface area contributed by atoms with Crippen LogP contribution in [0.2, 0.25) is 0 Å². The zero-order chi connectivity index (χ0) is 23.9. The van der Waals surface area contributed by atoms with E-state index >= 15 is 0 Å². The van der Waals surface area contributed by atoms with Crippen molar-refractivity contribution >= 4 is 23.2 Å². The summed E-state index contributed by atoms with van der Waals surface area (Å²) >= 11 is 0. The lowest BCUT2D eigenvalue weighted by Crippen LogP contribution is -2.43. The molecule has 4 rings (SSSR count). The molecule has 1 aromatic carbocycles. The molecule has 11 heteroatoms. The summed E-state index contributed by atoms with van der Waals surface area (Å²) in [7, 11) is 1.14. The SMILES string of the molecule is COc1cc(N2C[C@H](C)n3ncc(NC(=O)c4ccnc(C)c4)c3C2=O)ccc1C(F)(F)F. The second-order valence-electron chi connectivity index (χ2n) is 7.64. The lowest BCUT2D eigenvalue weighted by Gasteiger charge is -2.32. The van der Waals surface area contributed by atoms with E-state index in [1.54, 1.807) is 19.1 Å². The van der Waals surface area contributed by atoms with E-state index in [4.69, 9.17) is 4.74 Å². The Labute approximate surface area is 187 Å². The van der Waals surface area contributed by atoms with Crippen LogP contribution in [-0.4, -0.2) is 40.2 Å². The molecule has 0 spiro atoms. The number of rotatable bonds is 4. The number of methoxy groups -OCH3 is 1. The number of pyridine rings is 1. The van der Waals surface area contributed by atoms with Gasteiger partial charge in [0.1, 0.15) is 5.75 Å². The largest absolute Gasteiger partial charge is 0.496 e. The molecule has 0 fully saturated rings. The molecule has 0 bridgehead atoms. The van der Waals surface area contributed by atoms with Crippen LogP contribution in [0.15, 0.2) is 42.7 Å². The van der Waals surface area contributed by atoms with Crippen LogP contribution < -0.4 is 15.0 Å². The molecule has 0 saturated carbocycles. The maximum atomic E-state index is 13.3. The number of hydrogen-bond acceptors (Lipinski definition) is 5. The van der Waals surface area contributed by atoms with Gasteiger partial charge in [-0.1, -0.05) is 0 Å². The Morgan fingerprint density at radius 3 is 2.67 bits per heavy atom. The average Bonchev–Trinajstić information content (AvgIpc) is 3.19. The predicted octanol–water partition coefficient (Wildman–Crippen LogP) is 4.09. The number of aromatic nitrogens is 3. The molecule has 3 heterocycles. The summed E-state index contributed by atoms with van der Waals surface area (Å²) in [5.41, 5.74) is 0.666. The minimum absolute atomic E-state index is 0.131. The van der Waals surface area contributed by atoms with Gasteiger partial charge in [0.05, 0.1) is 30.6 Å². The fraction of sp³-hybridized carbons (Fsp3) is 0.273. The molecule has 1 aliphatic heterocycles. The lowest BCUT2D eigenvalue weighted by atomic mass is 10.1. The van der Waals surface area contributed by atoms with E-state index in [1.165, 1.54) is 34.1 Å². The molecule has 1 atom stereocenters. The van der Waals surface area contributed by atoms with Gasteiger partial charge in [-0.15, -0.1) is 0 Å². The van der Waals surface area contributed by atoms with Crippen molar-refractivity contribution in [1.82, 2.24) is 14.8 Å². The van der Waals surface area contributed by atoms with E-state index in [-0.39, 0.29) is 35.4 Å². The molecule has 2 amide bonds. The topological polar surface area (TPSA) is 89.3 Å². The summed E-state index contributed by atoms with van der Waals surface area (Å²) in [6, 6.07) is 6.14. The van der Waals surface area contributed by atoms with Crippen molar-refractivity contribution in [3.63, 3.8) is 0 Å². The van der Waals surface area contributed by atoms with E-state index in [0.717, 1.165) is 13.2 Å². The number of nitrogens with zero attached hydrogens (tertiary/aromatic N) is 4. The number of aryl methyl sites for hydroxylation is 1. The van der Waals surface area contributed by atoms with Crippen LogP contribution in [0.5, 0.6) is 5.75 Å². The fourth-order valence-electron chi connectivity index (χ4n) is 3.74. The summed E-state index contributed by atoms with van der Waals surface area (Å²) in [5.74, 6) is -1.33. The number of carbonyl (C=O) groups is 2. The van der Waals surface area contributed by atoms with Gasteiger partial charge in [-0.05, 0) is 38.1 Å². The molecule has 1 aliphatic rings. The summed E-state index contributed by atoms with van der Waals surface area (Å²) in [6.45, 7) is 3.74. The third-order valence-corrected chi connectivity index (χ3v) is 5.32. The number of benzene rings is 1. The fourth-order valence-corrected chi connectivity index (χ4v) is 3.74.